The van der Waals surface area contributed by atoms with Gasteiger partial charge in [0, 0.05) is 11.6 Å². The SMILES string of the molecule is COc1ccc(N2C(=O)C(=Cc3ccc(-c4cccc(C(=O)O)c4)o3)SC2=S)cc1. The minimum absolute atomic E-state index is 0.172. The van der Waals surface area contributed by atoms with Gasteiger partial charge in [-0.15, -0.1) is 0 Å². The number of benzene rings is 2. The van der Waals surface area contributed by atoms with E-state index in [0.717, 1.165) is 0 Å². The Morgan fingerprint density at radius 3 is 2.63 bits per heavy atom. The normalized spacial score (nSPS) is 15.1. The van der Waals surface area contributed by atoms with Crippen LogP contribution in [0.15, 0.2) is 70.0 Å². The van der Waals surface area contributed by atoms with Gasteiger partial charge >= 0.3 is 5.97 Å². The van der Waals surface area contributed by atoms with Gasteiger partial charge in [0.1, 0.15) is 17.3 Å². The summed E-state index contributed by atoms with van der Waals surface area (Å²) in [5.41, 5.74) is 1.47. The molecule has 1 amide bonds. The van der Waals surface area contributed by atoms with Gasteiger partial charge in [-0.25, -0.2) is 4.79 Å². The highest BCUT2D eigenvalue weighted by Crippen LogP contribution is 2.37. The molecule has 1 aliphatic heterocycles. The van der Waals surface area contributed by atoms with E-state index in [4.69, 9.17) is 26.5 Å². The molecule has 30 heavy (non-hydrogen) atoms. The van der Waals surface area contributed by atoms with E-state index in [9.17, 15) is 9.59 Å². The molecule has 0 atom stereocenters. The van der Waals surface area contributed by atoms with E-state index in [2.05, 4.69) is 0 Å². The second-order valence-electron chi connectivity index (χ2n) is 6.30. The third-order valence-electron chi connectivity index (χ3n) is 4.42. The number of amides is 1. The number of rotatable bonds is 5. The number of carbonyl (C=O) groups is 2. The molecular weight excluding hydrogens is 422 g/mol. The number of hydrogen-bond acceptors (Lipinski definition) is 6. The summed E-state index contributed by atoms with van der Waals surface area (Å²) in [5.74, 6) is 0.428. The van der Waals surface area contributed by atoms with Crippen molar-refractivity contribution in [1.29, 1.82) is 0 Å². The number of methoxy groups -OCH3 is 1. The van der Waals surface area contributed by atoms with Crippen molar-refractivity contribution < 1.29 is 23.8 Å². The lowest BCUT2D eigenvalue weighted by molar-refractivity contribution is -0.113. The van der Waals surface area contributed by atoms with Crippen molar-refractivity contribution in [3.05, 3.63) is 76.9 Å². The average molecular weight is 437 g/mol. The van der Waals surface area contributed by atoms with Crippen molar-refractivity contribution in [1.82, 2.24) is 0 Å². The highest BCUT2D eigenvalue weighted by atomic mass is 32.2. The molecule has 150 valence electrons. The van der Waals surface area contributed by atoms with E-state index in [1.165, 1.54) is 28.8 Å². The van der Waals surface area contributed by atoms with Crippen LogP contribution in [0.2, 0.25) is 0 Å². The minimum Gasteiger partial charge on any atom is -0.497 e. The summed E-state index contributed by atoms with van der Waals surface area (Å²) in [5, 5.41) is 9.15. The molecule has 0 radical (unpaired) electrons. The van der Waals surface area contributed by atoms with Gasteiger partial charge in [0.2, 0.25) is 0 Å². The van der Waals surface area contributed by atoms with Crippen LogP contribution in [0.5, 0.6) is 5.75 Å². The molecule has 8 heteroatoms. The topological polar surface area (TPSA) is 80.0 Å². The molecule has 1 N–H and O–H groups in total. The van der Waals surface area contributed by atoms with Crippen LogP contribution in [-0.2, 0) is 4.79 Å². The Balaban J connectivity index is 1.58. The fraction of sp³-hybridized carbons (Fsp3) is 0.0455. The predicted molar refractivity (Wildman–Crippen MR) is 120 cm³/mol. The smallest absolute Gasteiger partial charge is 0.335 e. The fourth-order valence-electron chi connectivity index (χ4n) is 2.94. The molecule has 1 saturated heterocycles. The van der Waals surface area contributed by atoms with Gasteiger partial charge < -0.3 is 14.3 Å². The zero-order valence-corrected chi connectivity index (χ0v) is 17.3. The molecule has 0 aliphatic carbocycles. The molecule has 0 unspecified atom stereocenters. The van der Waals surface area contributed by atoms with Gasteiger partial charge in [-0.05, 0) is 48.5 Å². The highest BCUT2D eigenvalue weighted by molar-refractivity contribution is 8.27. The largest absolute Gasteiger partial charge is 0.497 e. The number of carboxylic acids is 1. The summed E-state index contributed by atoms with van der Waals surface area (Å²) in [7, 11) is 1.58. The molecule has 1 fully saturated rings. The summed E-state index contributed by atoms with van der Waals surface area (Å²) in [6.45, 7) is 0. The average Bonchev–Trinajstić information content (AvgIpc) is 3.33. The van der Waals surface area contributed by atoms with E-state index in [1.54, 1.807) is 61.7 Å². The first-order valence-corrected chi connectivity index (χ1v) is 10.0. The first-order valence-electron chi connectivity index (χ1n) is 8.82. The number of carboxylic acid groups (broad SMARTS) is 1. The number of thioether (sulfide) groups is 1. The lowest BCUT2D eigenvalue weighted by Crippen LogP contribution is -2.27. The first-order chi connectivity index (χ1) is 14.5. The van der Waals surface area contributed by atoms with E-state index in [-0.39, 0.29) is 11.5 Å². The maximum atomic E-state index is 12.9. The van der Waals surface area contributed by atoms with Crippen LogP contribution >= 0.6 is 24.0 Å². The summed E-state index contributed by atoms with van der Waals surface area (Å²) in [4.78, 5) is 26.0. The van der Waals surface area contributed by atoms with Crippen LogP contribution in [0.3, 0.4) is 0 Å². The Morgan fingerprint density at radius 2 is 1.93 bits per heavy atom. The number of furan rings is 1. The number of thiocarbonyl (C=S) groups is 1. The molecule has 1 aromatic heterocycles. The van der Waals surface area contributed by atoms with Crippen LogP contribution < -0.4 is 9.64 Å². The van der Waals surface area contributed by atoms with Gasteiger partial charge in [-0.3, -0.25) is 9.69 Å². The third kappa shape index (κ3) is 3.87. The second kappa shape index (κ2) is 8.17. The van der Waals surface area contributed by atoms with Crippen LogP contribution in [0, 0.1) is 0 Å². The number of aromatic carboxylic acids is 1. The minimum atomic E-state index is -1.01. The third-order valence-corrected chi connectivity index (χ3v) is 5.72. The van der Waals surface area contributed by atoms with E-state index >= 15 is 0 Å². The van der Waals surface area contributed by atoms with Gasteiger partial charge in [-0.2, -0.15) is 0 Å². The Labute approximate surface area is 181 Å². The molecule has 0 bridgehead atoms. The predicted octanol–water partition coefficient (Wildman–Crippen LogP) is 5.06. The Kier molecular flexibility index (Phi) is 5.43. The van der Waals surface area contributed by atoms with Crippen molar-refractivity contribution in [2.24, 2.45) is 0 Å². The van der Waals surface area contributed by atoms with Gasteiger partial charge in [-0.1, -0.05) is 36.1 Å². The molecule has 2 heterocycles. The van der Waals surface area contributed by atoms with Crippen LogP contribution in [0.4, 0.5) is 5.69 Å². The van der Waals surface area contributed by atoms with E-state index in [0.29, 0.717) is 37.7 Å². The number of anilines is 1. The summed E-state index contributed by atoms with van der Waals surface area (Å²) in [6, 6.07) is 17.0. The number of nitrogens with zero attached hydrogens (tertiary/aromatic N) is 1. The standard InChI is InChI=1S/C22H15NO5S2/c1-27-16-7-5-15(6-8-16)23-20(24)19(30-22(23)29)12-17-9-10-18(28-17)13-3-2-4-14(11-13)21(25)26/h2-12H,1H3,(H,25,26). The van der Waals surface area contributed by atoms with Crippen molar-refractivity contribution in [2.75, 3.05) is 12.0 Å². The quantitative estimate of drug-likeness (QED) is 0.441. The summed E-state index contributed by atoms with van der Waals surface area (Å²) in [6.07, 6.45) is 1.63. The Hall–Kier alpha value is -3.36. The molecule has 3 aromatic rings. The summed E-state index contributed by atoms with van der Waals surface area (Å²) >= 11 is 6.58. The lowest BCUT2D eigenvalue weighted by Gasteiger charge is -2.14. The second-order valence-corrected chi connectivity index (χ2v) is 7.98. The monoisotopic (exact) mass is 437 g/mol. The highest BCUT2D eigenvalue weighted by Gasteiger charge is 2.33. The van der Waals surface area contributed by atoms with Gasteiger partial charge in [0.15, 0.2) is 4.32 Å². The van der Waals surface area contributed by atoms with E-state index in [1.807, 2.05) is 0 Å². The van der Waals surface area contributed by atoms with Gasteiger partial charge in [0.25, 0.3) is 5.91 Å². The molecule has 4 rings (SSSR count). The van der Waals surface area contributed by atoms with Crippen LogP contribution in [-0.4, -0.2) is 28.4 Å². The number of hydrogen-bond donors (Lipinski definition) is 1. The van der Waals surface area contributed by atoms with E-state index < -0.39 is 5.97 Å². The number of carbonyl (C=O) groups excluding carboxylic acids is 1. The van der Waals surface area contributed by atoms with Crippen LogP contribution in [0.1, 0.15) is 16.1 Å². The molecule has 1 aliphatic rings. The maximum Gasteiger partial charge on any atom is 0.335 e. The van der Waals surface area contributed by atoms with Crippen LogP contribution in [0.25, 0.3) is 17.4 Å². The van der Waals surface area contributed by atoms with Crippen molar-refractivity contribution in [3.63, 3.8) is 0 Å². The molecule has 0 saturated carbocycles. The maximum absolute atomic E-state index is 12.9. The zero-order chi connectivity index (χ0) is 21.3. The Morgan fingerprint density at radius 1 is 1.17 bits per heavy atom. The summed E-state index contributed by atoms with van der Waals surface area (Å²) < 4.78 is 11.4. The molecular formula is C22H15NO5S2. The first kappa shape index (κ1) is 19.9. The van der Waals surface area contributed by atoms with Crippen molar-refractivity contribution >= 4 is 51.9 Å². The molecule has 6 nitrogen and oxygen atoms in total. The Bertz CT molecular complexity index is 1180. The lowest BCUT2D eigenvalue weighted by atomic mass is 10.1. The fourth-order valence-corrected chi connectivity index (χ4v) is 4.22. The molecule has 2 aromatic carbocycles. The molecule has 0 spiro atoms. The zero-order valence-electron chi connectivity index (χ0n) is 15.7. The number of ether oxygens (including phenoxy) is 1. The van der Waals surface area contributed by atoms with Crippen molar-refractivity contribution in [2.45, 2.75) is 0 Å². The van der Waals surface area contributed by atoms with Crippen molar-refractivity contribution in [3.8, 4) is 17.1 Å². The van der Waals surface area contributed by atoms with Gasteiger partial charge in [0.05, 0.1) is 23.3 Å².